The lowest BCUT2D eigenvalue weighted by atomic mass is 10.1. The van der Waals surface area contributed by atoms with E-state index in [-0.39, 0.29) is 5.91 Å². The summed E-state index contributed by atoms with van der Waals surface area (Å²) in [4.78, 5) is 12.2. The SMILES string of the molecule is Cc1nn(C)c(C)c1CC(=O)Nc1cccc(Cl)c1C. The van der Waals surface area contributed by atoms with E-state index >= 15 is 0 Å². The van der Waals surface area contributed by atoms with Crippen LogP contribution in [0.3, 0.4) is 0 Å². The maximum atomic E-state index is 12.2. The molecular formula is C15H18ClN3O. The number of aryl methyl sites for hydroxylation is 2. The van der Waals surface area contributed by atoms with E-state index in [9.17, 15) is 4.79 Å². The molecule has 0 aliphatic carbocycles. The Bertz CT molecular complexity index is 661. The van der Waals surface area contributed by atoms with E-state index in [0.717, 1.165) is 28.2 Å². The first-order chi connectivity index (χ1) is 9.40. The highest BCUT2D eigenvalue weighted by atomic mass is 35.5. The van der Waals surface area contributed by atoms with E-state index in [1.54, 1.807) is 4.68 Å². The molecule has 1 amide bonds. The number of carbonyl (C=O) groups is 1. The van der Waals surface area contributed by atoms with Gasteiger partial charge in [0.05, 0.1) is 12.1 Å². The summed E-state index contributed by atoms with van der Waals surface area (Å²) in [5.41, 5.74) is 4.51. The number of carbonyl (C=O) groups excluding carboxylic acids is 1. The highest BCUT2D eigenvalue weighted by Crippen LogP contribution is 2.23. The van der Waals surface area contributed by atoms with Crippen molar-refractivity contribution in [1.29, 1.82) is 0 Å². The van der Waals surface area contributed by atoms with Crippen LogP contribution in [0.5, 0.6) is 0 Å². The number of halogens is 1. The summed E-state index contributed by atoms with van der Waals surface area (Å²) in [6.07, 6.45) is 0.317. The molecule has 2 rings (SSSR count). The van der Waals surface area contributed by atoms with Crippen LogP contribution in [0.25, 0.3) is 0 Å². The van der Waals surface area contributed by atoms with Crippen LogP contribution in [0.2, 0.25) is 5.02 Å². The first kappa shape index (κ1) is 14.6. The van der Waals surface area contributed by atoms with Crippen LogP contribution in [-0.4, -0.2) is 15.7 Å². The molecule has 1 heterocycles. The number of aromatic nitrogens is 2. The van der Waals surface area contributed by atoms with Gasteiger partial charge in [0.15, 0.2) is 0 Å². The number of hydrogen-bond donors (Lipinski definition) is 1. The second kappa shape index (κ2) is 5.67. The molecular weight excluding hydrogens is 274 g/mol. The van der Waals surface area contributed by atoms with Gasteiger partial charge in [-0.1, -0.05) is 17.7 Å². The van der Waals surface area contributed by atoms with E-state index in [4.69, 9.17) is 11.6 Å². The molecule has 0 aliphatic rings. The van der Waals surface area contributed by atoms with Crippen LogP contribution in [0.1, 0.15) is 22.5 Å². The third-order valence-electron chi connectivity index (χ3n) is 3.54. The maximum absolute atomic E-state index is 12.2. The smallest absolute Gasteiger partial charge is 0.228 e. The number of rotatable bonds is 3. The molecule has 5 heteroatoms. The van der Waals surface area contributed by atoms with Gasteiger partial charge in [-0.25, -0.2) is 0 Å². The van der Waals surface area contributed by atoms with E-state index in [1.165, 1.54) is 0 Å². The van der Waals surface area contributed by atoms with Gasteiger partial charge in [0.25, 0.3) is 0 Å². The molecule has 2 aromatic rings. The second-order valence-electron chi connectivity index (χ2n) is 4.91. The van der Waals surface area contributed by atoms with Crippen molar-refractivity contribution in [3.8, 4) is 0 Å². The van der Waals surface area contributed by atoms with Crippen molar-refractivity contribution in [3.63, 3.8) is 0 Å². The molecule has 106 valence electrons. The fourth-order valence-corrected chi connectivity index (χ4v) is 2.35. The Kier molecular flexibility index (Phi) is 4.14. The summed E-state index contributed by atoms with van der Waals surface area (Å²) in [6.45, 7) is 5.77. The van der Waals surface area contributed by atoms with Crippen molar-refractivity contribution in [1.82, 2.24) is 9.78 Å². The predicted molar refractivity (Wildman–Crippen MR) is 81.2 cm³/mol. The van der Waals surface area contributed by atoms with E-state index < -0.39 is 0 Å². The molecule has 0 spiro atoms. The minimum absolute atomic E-state index is 0.0606. The fourth-order valence-electron chi connectivity index (χ4n) is 2.17. The zero-order chi connectivity index (χ0) is 14.9. The van der Waals surface area contributed by atoms with Gasteiger partial charge in [0, 0.05) is 29.0 Å². The zero-order valence-corrected chi connectivity index (χ0v) is 12.9. The average molecular weight is 292 g/mol. The van der Waals surface area contributed by atoms with E-state index in [1.807, 2.05) is 46.0 Å². The van der Waals surface area contributed by atoms with Crippen LogP contribution < -0.4 is 5.32 Å². The first-order valence-electron chi connectivity index (χ1n) is 6.44. The van der Waals surface area contributed by atoms with Crippen molar-refractivity contribution in [2.45, 2.75) is 27.2 Å². The Hall–Kier alpha value is -1.81. The van der Waals surface area contributed by atoms with Crippen molar-refractivity contribution < 1.29 is 4.79 Å². The lowest BCUT2D eigenvalue weighted by Crippen LogP contribution is -2.16. The molecule has 0 saturated heterocycles. The number of hydrogen-bond acceptors (Lipinski definition) is 2. The van der Waals surface area contributed by atoms with Gasteiger partial charge < -0.3 is 5.32 Å². The maximum Gasteiger partial charge on any atom is 0.228 e. The van der Waals surface area contributed by atoms with Gasteiger partial charge in [-0.05, 0) is 38.5 Å². The van der Waals surface area contributed by atoms with Crippen molar-refractivity contribution >= 4 is 23.2 Å². The number of nitrogens with zero attached hydrogens (tertiary/aromatic N) is 2. The number of anilines is 1. The molecule has 4 nitrogen and oxygen atoms in total. The minimum Gasteiger partial charge on any atom is -0.326 e. The van der Waals surface area contributed by atoms with Gasteiger partial charge >= 0.3 is 0 Å². The minimum atomic E-state index is -0.0606. The first-order valence-corrected chi connectivity index (χ1v) is 6.82. The van der Waals surface area contributed by atoms with Crippen LogP contribution in [0, 0.1) is 20.8 Å². The molecule has 0 saturated carbocycles. The number of amides is 1. The lowest BCUT2D eigenvalue weighted by molar-refractivity contribution is -0.115. The molecule has 0 aliphatic heterocycles. The molecule has 0 fully saturated rings. The van der Waals surface area contributed by atoms with Gasteiger partial charge in [-0.3, -0.25) is 9.48 Å². The topological polar surface area (TPSA) is 46.9 Å². The van der Waals surface area contributed by atoms with Gasteiger partial charge in [0.1, 0.15) is 0 Å². The highest BCUT2D eigenvalue weighted by Gasteiger charge is 2.14. The third-order valence-corrected chi connectivity index (χ3v) is 3.95. The summed E-state index contributed by atoms with van der Waals surface area (Å²) in [6, 6.07) is 5.48. The molecule has 0 bridgehead atoms. The summed E-state index contributed by atoms with van der Waals surface area (Å²) in [5, 5.41) is 7.87. The molecule has 1 N–H and O–H groups in total. The quantitative estimate of drug-likeness (QED) is 0.944. The van der Waals surface area contributed by atoms with Crippen molar-refractivity contribution in [2.24, 2.45) is 7.05 Å². The average Bonchev–Trinajstić information content (AvgIpc) is 2.62. The summed E-state index contributed by atoms with van der Waals surface area (Å²) in [5.74, 6) is -0.0606. The summed E-state index contributed by atoms with van der Waals surface area (Å²) in [7, 11) is 1.88. The molecule has 0 atom stereocenters. The van der Waals surface area contributed by atoms with Gasteiger partial charge in [-0.15, -0.1) is 0 Å². The van der Waals surface area contributed by atoms with Crippen LogP contribution >= 0.6 is 11.6 Å². The number of nitrogens with one attached hydrogen (secondary N) is 1. The predicted octanol–water partition coefficient (Wildman–Crippen LogP) is 3.18. The normalized spacial score (nSPS) is 10.7. The Morgan fingerprint density at radius 1 is 1.35 bits per heavy atom. The summed E-state index contributed by atoms with van der Waals surface area (Å²) < 4.78 is 1.79. The van der Waals surface area contributed by atoms with E-state index in [0.29, 0.717) is 11.4 Å². The van der Waals surface area contributed by atoms with Crippen molar-refractivity contribution in [2.75, 3.05) is 5.32 Å². The second-order valence-corrected chi connectivity index (χ2v) is 5.32. The lowest BCUT2D eigenvalue weighted by Gasteiger charge is -2.09. The Balaban J connectivity index is 2.15. The third kappa shape index (κ3) is 2.85. The van der Waals surface area contributed by atoms with E-state index in [2.05, 4.69) is 10.4 Å². The Labute approximate surface area is 123 Å². The van der Waals surface area contributed by atoms with Crippen LogP contribution in [0.15, 0.2) is 18.2 Å². The van der Waals surface area contributed by atoms with Crippen LogP contribution in [-0.2, 0) is 18.3 Å². The largest absolute Gasteiger partial charge is 0.326 e. The number of benzene rings is 1. The highest BCUT2D eigenvalue weighted by molar-refractivity contribution is 6.31. The Morgan fingerprint density at radius 2 is 2.05 bits per heavy atom. The molecule has 0 unspecified atom stereocenters. The zero-order valence-electron chi connectivity index (χ0n) is 12.1. The van der Waals surface area contributed by atoms with Gasteiger partial charge in [0.2, 0.25) is 5.91 Å². The van der Waals surface area contributed by atoms with Crippen molar-refractivity contribution in [3.05, 3.63) is 45.7 Å². The Morgan fingerprint density at radius 3 is 2.65 bits per heavy atom. The fraction of sp³-hybridized carbons (Fsp3) is 0.333. The molecule has 1 aromatic heterocycles. The monoisotopic (exact) mass is 291 g/mol. The molecule has 20 heavy (non-hydrogen) atoms. The standard InChI is InChI=1S/C15H18ClN3O/c1-9-13(16)6-5-7-14(9)17-15(20)8-12-10(2)18-19(4)11(12)3/h5-7H,8H2,1-4H3,(H,17,20). The van der Waals surface area contributed by atoms with Gasteiger partial charge in [-0.2, -0.15) is 5.10 Å². The summed E-state index contributed by atoms with van der Waals surface area (Å²) >= 11 is 6.05. The molecule has 1 aromatic carbocycles. The molecule has 0 radical (unpaired) electrons. The van der Waals surface area contributed by atoms with Crippen LogP contribution in [0.4, 0.5) is 5.69 Å².